The summed E-state index contributed by atoms with van der Waals surface area (Å²) in [6.45, 7) is 0. The third-order valence-corrected chi connectivity index (χ3v) is 0.204. The lowest BCUT2D eigenvalue weighted by Crippen LogP contribution is -2.22. The molecule has 0 aliphatic heterocycles. The lowest BCUT2D eigenvalue weighted by Gasteiger charge is -1.96. The predicted octanol–water partition coefficient (Wildman–Crippen LogP) is -0.601. The molecule has 0 aliphatic carbocycles. The highest BCUT2D eigenvalue weighted by Crippen LogP contribution is 1.44. The minimum atomic E-state index is 1.03. The van der Waals surface area contributed by atoms with Gasteiger partial charge in [0.05, 0.1) is 6.34 Å². The molecule has 0 aliphatic rings. The van der Waals surface area contributed by atoms with Crippen molar-refractivity contribution in [1.29, 1.82) is 5.41 Å². The Balaban J connectivity index is 2.83. The fraction of sp³-hybridized carbons (Fsp3) is 0.500. The molecule has 0 radical (unpaired) electrons. The third-order valence-electron chi connectivity index (χ3n) is 0.204. The molecule has 0 saturated carbocycles. The molecule has 30 valence electrons. The van der Waals surface area contributed by atoms with Crippen LogP contribution in [0.4, 0.5) is 0 Å². The molecule has 0 unspecified atom stereocenters. The van der Waals surface area contributed by atoms with Crippen LogP contribution in [-0.4, -0.2) is 18.4 Å². The van der Waals surface area contributed by atoms with Crippen LogP contribution in [0.15, 0.2) is 0 Å². The van der Waals surface area contributed by atoms with Crippen LogP contribution in [0.5, 0.6) is 0 Å². The van der Waals surface area contributed by atoms with Crippen molar-refractivity contribution in [3.8, 4) is 0 Å². The second kappa shape index (κ2) is 1.72. The number of hydrazine groups is 1. The van der Waals surface area contributed by atoms with Gasteiger partial charge in [-0.3, -0.25) is 5.41 Å². The van der Waals surface area contributed by atoms with Crippen LogP contribution in [0.25, 0.3) is 0 Å². The lowest BCUT2D eigenvalue weighted by molar-refractivity contribution is 0.553. The van der Waals surface area contributed by atoms with Crippen LogP contribution in [0.2, 0.25) is 0 Å². The summed E-state index contributed by atoms with van der Waals surface area (Å²) in [5.41, 5.74) is 0. The van der Waals surface area contributed by atoms with Gasteiger partial charge in [0, 0.05) is 7.05 Å². The van der Waals surface area contributed by atoms with Gasteiger partial charge in [0.25, 0.3) is 0 Å². The Morgan fingerprint density at radius 3 is 2.20 bits per heavy atom. The first-order chi connectivity index (χ1) is 2.27. The van der Waals surface area contributed by atoms with Crippen molar-refractivity contribution in [2.75, 3.05) is 7.05 Å². The Morgan fingerprint density at radius 2 is 2.20 bits per heavy atom. The molecule has 0 amide bonds. The molecular formula is C2H7N3. The first-order valence-corrected chi connectivity index (χ1v) is 1.25. The van der Waals surface area contributed by atoms with Crippen molar-refractivity contribution in [2.45, 2.75) is 0 Å². The van der Waals surface area contributed by atoms with Crippen molar-refractivity contribution in [1.82, 2.24) is 5.01 Å². The van der Waals surface area contributed by atoms with Crippen LogP contribution in [0.1, 0.15) is 0 Å². The molecule has 0 aromatic carbocycles. The summed E-state index contributed by atoms with van der Waals surface area (Å²) in [5.74, 6) is 4.88. The van der Waals surface area contributed by atoms with E-state index in [4.69, 9.17) is 11.3 Å². The standard InChI is InChI=1S/C2H7N3/c1-5(4)2-3/h2-3H,4H2,1H3. The zero-order valence-electron chi connectivity index (χ0n) is 3.10. The molecule has 3 nitrogen and oxygen atoms in total. The minimum absolute atomic E-state index is 1.03. The largest absolute Gasteiger partial charge is 0.305 e. The number of hydrogen-bond donors (Lipinski definition) is 2. The van der Waals surface area contributed by atoms with Gasteiger partial charge in [-0.05, 0) is 0 Å². The van der Waals surface area contributed by atoms with E-state index in [-0.39, 0.29) is 0 Å². The molecule has 0 spiro atoms. The zero-order valence-corrected chi connectivity index (χ0v) is 3.10. The highest BCUT2D eigenvalue weighted by molar-refractivity contribution is 5.48. The third kappa shape index (κ3) is 3.43. The van der Waals surface area contributed by atoms with Crippen molar-refractivity contribution >= 4 is 6.34 Å². The van der Waals surface area contributed by atoms with Crippen molar-refractivity contribution in [3.05, 3.63) is 0 Å². The summed E-state index contributed by atoms with van der Waals surface area (Å²) in [5, 5.41) is 7.50. The topological polar surface area (TPSA) is 53.1 Å². The summed E-state index contributed by atoms with van der Waals surface area (Å²) in [7, 11) is 1.59. The van der Waals surface area contributed by atoms with E-state index < -0.39 is 0 Å². The quantitative estimate of drug-likeness (QED) is 0.188. The van der Waals surface area contributed by atoms with Crippen molar-refractivity contribution < 1.29 is 0 Å². The van der Waals surface area contributed by atoms with Crippen LogP contribution in [0, 0.1) is 5.41 Å². The van der Waals surface area contributed by atoms with Gasteiger partial charge < -0.3 is 5.01 Å². The van der Waals surface area contributed by atoms with Crippen molar-refractivity contribution in [2.24, 2.45) is 5.84 Å². The van der Waals surface area contributed by atoms with Crippen LogP contribution < -0.4 is 5.84 Å². The predicted molar refractivity (Wildman–Crippen MR) is 20.7 cm³/mol. The molecule has 3 N–H and O–H groups in total. The highest BCUT2D eigenvalue weighted by Gasteiger charge is 1.63. The van der Waals surface area contributed by atoms with Gasteiger partial charge in [-0.1, -0.05) is 0 Å². The molecule has 0 atom stereocenters. The summed E-state index contributed by atoms with van der Waals surface area (Å²) in [6.07, 6.45) is 1.03. The summed E-state index contributed by atoms with van der Waals surface area (Å²) in [6, 6.07) is 0. The Morgan fingerprint density at radius 1 is 2.00 bits per heavy atom. The van der Waals surface area contributed by atoms with Gasteiger partial charge in [0.2, 0.25) is 0 Å². The van der Waals surface area contributed by atoms with Gasteiger partial charge in [-0.25, -0.2) is 5.84 Å². The van der Waals surface area contributed by atoms with E-state index in [0.717, 1.165) is 6.34 Å². The van der Waals surface area contributed by atoms with Crippen LogP contribution in [-0.2, 0) is 0 Å². The average Bonchev–Trinajstić information content (AvgIpc) is 1.38. The molecule has 0 aromatic rings. The molecular weight excluding hydrogens is 66.0 g/mol. The maximum absolute atomic E-state index is 6.33. The Bertz CT molecular complexity index is 31.9. The van der Waals surface area contributed by atoms with Gasteiger partial charge in [0.15, 0.2) is 0 Å². The van der Waals surface area contributed by atoms with E-state index in [2.05, 4.69) is 0 Å². The number of nitrogens with zero attached hydrogens (tertiary/aromatic N) is 1. The van der Waals surface area contributed by atoms with Crippen molar-refractivity contribution in [3.63, 3.8) is 0 Å². The maximum atomic E-state index is 6.33. The number of nitrogens with two attached hydrogens (primary N) is 1. The summed E-state index contributed by atoms with van der Waals surface area (Å²) >= 11 is 0. The maximum Gasteiger partial charge on any atom is 0.0955 e. The highest BCUT2D eigenvalue weighted by atomic mass is 15.4. The molecule has 5 heavy (non-hydrogen) atoms. The molecule has 3 heteroatoms. The first kappa shape index (κ1) is 4.43. The first-order valence-electron chi connectivity index (χ1n) is 1.25. The molecule has 0 fully saturated rings. The number of rotatable bonds is 1. The van der Waals surface area contributed by atoms with Gasteiger partial charge in [0.1, 0.15) is 0 Å². The van der Waals surface area contributed by atoms with Gasteiger partial charge >= 0.3 is 0 Å². The van der Waals surface area contributed by atoms with Crippen LogP contribution >= 0.6 is 0 Å². The zero-order chi connectivity index (χ0) is 4.28. The second-order valence-corrected chi connectivity index (χ2v) is 0.795. The summed E-state index contributed by atoms with van der Waals surface area (Å²) < 4.78 is 0. The molecule has 0 rings (SSSR count). The Kier molecular flexibility index (Phi) is 1.53. The molecule has 0 bridgehead atoms. The van der Waals surface area contributed by atoms with E-state index >= 15 is 0 Å². The van der Waals surface area contributed by atoms with Crippen LogP contribution in [0.3, 0.4) is 0 Å². The average molecular weight is 73.1 g/mol. The van der Waals surface area contributed by atoms with E-state index in [0.29, 0.717) is 0 Å². The number of nitrogens with one attached hydrogen (secondary N) is 1. The van der Waals surface area contributed by atoms with E-state index in [1.54, 1.807) is 7.05 Å². The van der Waals surface area contributed by atoms with E-state index in [1.165, 1.54) is 5.01 Å². The smallest absolute Gasteiger partial charge is 0.0955 e. The molecule has 0 saturated heterocycles. The number of hydrogen-bond acceptors (Lipinski definition) is 2. The Labute approximate surface area is 30.9 Å². The Hall–Kier alpha value is -0.570. The van der Waals surface area contributed by atoms with Gasteiger partial charge in [-0.2, -0.15) is 0 Å². The summed E-state index contributed by atoms with van der Waals surface area (Å²) in [4.78, 5) is 0. The van der Waals surface area contributed by atoms with Gasteiger partial charge in [-0.15, -0.1) is 0 Å². The molecule has 0 heterocycles. The van der Waals surface area contributed by atoms with E-state index in [1.807, 2.05) is 0 Å². The monoisotopic (exact) mass is 73.1 g/mol. The normalized spacial score (nSPS) is 6.80. The fourth-order valence-electron chi connectivity index (χ4n) is 0. The second-order valence-electron chi connectivity index (χ2n) is 0.795. The fourth-order valence-corrected chi connectivity index (χ4v) is 0. The van der Waals surface area contributed by atoms with E-state index in [9.17, 15) is 0 Å². The molecule has 0 aromatic heterocycles. The minimum Gasteiger partial charge on any atom is -0.305 e. The lowest BCUT2D eigenvalue weighted by atomic mass is 11.1. The SMILES string of the molecule is CN(N)C=N.